The van der Waals surface area contributed by atoms with E-state index < -0.39 is 0 Å². The monoisotopic (exact) mass is 290 g/mol. The first-order valence-corrected chi connectivity index (χ1v) is 7.59. The van der Waals surface area contributed by atoms with Gasteiger partial charge in [0, 0.05) is 0 Å². The Labute approximate surface area is 129 Å². The summed E-state index contributed by atoms with van der Waals surface area (Å²) in [5, 5.41) is 7.90. The van der Waals surface area contributed by atoms with E-state index in [1.807, 2.05) is 10.7 Å². The Morgan fingerprint density at radius 3 is 2.55 bits per heavy atom. The third kappa shape index (κ3) is 2.26. The second-order valence-electron chi connectivity index (χ2n) is 5.80. The quantitative estimate of drug-likeness (QED) is 0.782. The average Bonchev–Trinajstić information content (AvgIpc) is 3.04. The molecule has 110 valence electrons. The number of fused-ring (bicyclic) bond motifs is 1. The molecular weight excluding hydrogens is 272 g/mol. The first-order chi connectivity index (χ1) is 10.8. The molecule has 0 spiro atoms. The van der Waals surface area contributed by atoms with Crippen molar-refractivity contribution in [3.8, 4) is 0 Å². The van der Waals surface area contributed by atoms with E-state index in [-0.39, 0.29) is 12.1 Å². The van der Waals surface area contributed by atoms with E-state index in [9.17, 15) is 0 Å². The van der Waals surface area contributed by atoms with Gasteiger partial charge in [0.05, 0.1) is 12.1 Å². The minimum absolute atomic E-state index is 0.213. The topological polar surface area (TPSA) is 42.7 Å². The van der Waals surface area contributed by atoms with Gasteiger partial charge >= 0.3 is 0 Å². The molecule has 2 atom stereocenters. The van der Waals surface area contributed by atoms with Crippen LogP contribution in [0.1, 0.15) is 35.2 Å². The molecule has 2 aromatic carbocycles. The standard InChI is InChI=1S/C18H18N4/c1-13-7-9-15(10-8-13)17-11-16(14-5-3-2-4-6-14)21-18-19-12-20-22(17)18/h2-10,12,16-17H,11H2,1H3,(H,19,20,21)/t16-,17-/m0/s1. The molecule has 0 unspecified atom stereocenters. The number of benzene rings is 2. The van der Waals surface area contributed by atoms with Crippen molar-refractivity contribution in [3.05, 3.63) is 77.6 Å². The van der Waals surface area contributed by atoms with Crippen LogP contribution in [0.2, 0.25) is 0 Å². The van der Waals surface area contributed by atoms with Gasteiger partial charge in [-0.2, -0.15) is 10.1 Å². The van der Waals surface area contributed by atoms with Crippen molar-refractivity contribution in [1.82, 2.24) is 14.8 Å². The number of aromatic nitrogens is 3. The predicted molar refractivity (Wildman–Crippen MR) is 86.8 cm³/mol. The van der Waals surface area contributed by atoms with Crippen molar-refractivity contribution >= 4 is 5.95 Å². The minimum atomic E-state index is 0.213. The van der Waals surface area contributed by atoms with Gasteiger partial charge < -0.3 is 5.32 Å². The number of aryl methyl sites for hydroxylation is 1. The smallest absolute Gasteiger partial charge is 0.222 e. The van der Waals surface area contributed by atoms with Gasteiger partial charge in [-0.05, 0) is 24.5 Å². The number of hydrogen-bond acceptors (Lipinski definition) is 3. The molecular formula is C18H18N4. The van der Waals surface area contributed by atoms with E-state index in [1.54, 1.807) is 6.33 Å². The van der Waals surface area contributed by atoms with Crippen LogP contribution < -0.4 is 5.32 Å². The fourth-order valence-corrected chi connectivity index (χ4v) is 3.09. The predicted octanol–water partition coefficient (Wildman–Crippen LogP) is 3.73. The van der Waals surface area contributed by atoms with E-state index in [2.05, 4.69) is 70.9 Å². The number of hydrogen-bond donors (Lipinski definition) is 1. The van der Waals surface area contributed by atoms with E-state index in [4.69, 9.17) is 0 Å². The molecule has 0 aliphatic carbocycles. The molecule has 0 bridgehead atoms. The van der Waals surface area contributed by atoms with Gasteiger partial charge in [0.25, 0.3) is 0 Å². The third-order valence-electron chi connectivity index (χ3n) is 4.29. The van der Waals surface area contributed by atoms with Gasteiger partial charge in [-0.15, -0.1) is 0 Å². The first kappa shape index (κ1) is 13.1. The Bertz CT molecular complexity index is 761. The second-order valence-corrected chi connectivity index (χ2v) is 5.80. The van der Waals surface area contributed by atoms with Crippen LogP contribution in [0.15, 0.2) is 60.9 Å². The van der Waals surface area contributed by atoms with Crippen LogP contribution in [0.4, 0.5) is 5.95 Å². The van der Waals surface area contributed by atoms with Gasteiger partial charge in [0.2, 0.25) is 5.95 Å². The highest BCUT2D eigenvalue weighted by molar-refractivity contribution is 5.38. The molecule has 0 fully saturated rings. The molecule has 0 saturated heterocycles. The lowest BCUT2D eigenvalue weighted by Crippen LogP contribution is -2.28. The summed E-state index contributed by atoms with van der Waals surface area (Å²) in [5.41, 5.74) is 3.84. The summed E-state index contributed by atoms with van der Waals surface area (Å²) in [6, 6.07) is 19.7. The largest absolute Gasteiger partial charge is 0.348 e. The van der Waals surface area contributed by atoms with E-state index in [0.717, 1.165) is 12.4 Å². The maximum Gasteiger partial charge on any atom is 0.222 e. The Morgan fingerprint density at radius 1 is 1.00 bits per heavy atom. The average molecular weight is 290 g/mol. The maximum atomic E-state index is 4.41. The SMILES string of the molecule is Cc1ccc([C@@H]2C[C@@H](c3ccccc3)Nc3ncnn32)cc1. The van der Waals surface area contributed by atoms with Crippen molar-refractivity contribution in [1.29, 1.82) is 0 Å². The van der Waals surface area contributed by atoms with Gasteiger partial charge in [-0.3, -0.25) is 0 Å². The summed E-state index contributed by atoms with van der Waals surface area (Å²) < 4.78 is 1.99. The molecule has 4 rings (SSSR count). The molecule has 2 heterocycles. The Morgan fingerprint density at radius 2 is 1.77 bits per heavy atom. The molecule has 1 aromatic heterocycles. The summed E-state index contributed by atoms with van der Waals surface area (Å²) >= 11 is 0. The van der Waals surface area contributed by atoms with Crippen LogP contribution in [0.25, 0.3) is 0 Å². The number of nitrogens with one attached hydrogen (secondary N) is 1. The third-order valence-corrected chi connectivity index (χ3v) is 4.29. The zero-order valence-corrected chi connectivity index (χ0v) is 12.5. The minimum Gasteiger partial charge on any atom is -0.348 e. The molecule has 1 aliphatic heterocycles. The molecule has 1 aliphatic rings. The molecule has 0 saturated carbocycles. The van der Waals surface area contributed by atoms with Crippen LogP contribution in [-0.2, 0) is 0 Å². The summed E-state index contributed by atoms with van der Waals surface area (Å²) in [4.78, 5) is 4.37. The summed E-state index contributed by atoms with van der Waals surface area (Å²) in [6.07, 6.45) is 2.58. The number of anilines is 1. The van der Waals surface area contributed by atoms with Crippen molar-refractivity contribution in [2.45, 2.75) is 25.4 Å². The lowest BCUT2D eigenvalue weighted by atomic mass is 9.93. The molecule has 0 amide bonds. The molecule has 4 nitrogen and oxygen atoms in total. The van der Waals surface area contributed by atoms with Crippen LogP contribution in [0.3, 0.4) is 0 Å². The zero-order valence-electron chi connectivity index (χ0n) is 12.5. The molecule has 0 radical (unpaired) electrons. The lowest BCUT2D eigenvalue weighted by molar-refractivity contribution is 0.431. The molecule has 1 N–H and O–H groups in total. The van der Waals surface area contributed by atoms with Gasteiger partial charge in [0.1, 0.15) is 6.33 Å². The lowest BCUT2D eigenvalue weighted by Gasteiger charge is -2.31. The highest BCUT2D eigenvalue weighted by atomic mass is 15.4. The summed E-state index contributed by atoms with van der Waals surface area (Å²) in [6.45, 7) is 2.11. The van der Waals surface area contributed by atoms with Crippen LogP contribution >= 0.6 is 0 Å². The Balaban J connectivity index is 1.73. The maximum absolute atomic E-state index is 4.41. The van der Waals surface area contributed by atoms with Crippen molar-refractivity contribution in [3.63, 3.8) is 0 Å². The summed E-state index contributed by atoms with van der Waals surface area (Å²) in [5.74, 6) is 0.839. The first-order valence-electron chi connectivity index (χ1n) is 7.59. The second kappa shape index (κ2) is 5.30. The van der Waals surface area contributed by atoms with Gasteiger partial charge in [0.15, 0.2) is 0 Å². The van der Waals surface area contributed by atoms with Crippen molar-refractivity contribution < 1.29 is 0 Å². The highest BCUT2D eigenvalue weighted by Gasteiger charge is 2.29. The molecule has 4 heteroatoms. The molecule has 3 aromatic rings. The van der Waals surface area contributed by atoms with E-state index in [1.165, 1.54) is 16.7 Å². The van der Waals surface area contributed by atoms with Gasteiger partial charge in [-0.1, -0.05) is 60.2 Å². The van der Waals surface area contributed by atoms with Gasteiger partial charge in [-0.25, -0.2) is 4.68 Å². The highest BCUT2D eigenvalue weighted by Crippen LogP contribution is 2.37. The Hall–Kier alpha value is -2.62. The normalized spacial score (nSPS) is 20.2. The van der Waals surface area contributed by atoms with E-state index in [0.29, 0.717) is 0 Å². The zero-order chi connectivity index (χ0) is 14.9. The van der Waals surface area contributed by atoms with E-state index >= 15 is 0 Å². The van der Waals surface area contributed by atoms with Crippen molar-refractivity contribution in [2.24, 2.45) is 0 Å². The van der Waals surface area contributed by atoms with Crippen LogP contribution in [0.5, 0.6) is 0 Å². The number of rotatable bonds is 2. The number of nitrogens with zero attached hydrogens (tertiary/aromatic N) is 3. The van der Waals surface area contributed by atoms with Crippen LogP contribution in [-0.4, -0.2) is 14.8 Å². The molecule has 22 heavy (non-hydrogen) atoms. The van der Waals surface area contributed by atoms with Crippen LogP contribution in [0, 0.1) is 6.92 Å². The summed E-state index contributed by atoms with van der Waals surface area (Å²) in [7, 11) is 0. The fraction of sp³-hybridized carbons (Fsp3) is 0.222. The van der Waals surface area contributed by atoms with Crippen molar-refractivity contribution in [2.75, 3.05) is 5.32 Å². The fourth-order valence-electron chi connectivity index (χ4n) is 3.09. The Kier molecular flexibility index (Phi) is 3.15.